The highest BCUT2D eigenvalue weighted by atomic mass is 19.4. The van der Waals surface area contributed by atoms with E-state index in [1.807, 2.05) is 4.90 Å². The molecule has 2 heterocycles. The van der Waals surface area contributed by atoms with Crippen molar-refractivity contribution in [2.75, 3.05) is 26.3 Å². The Hall–Kier alpha value is -1.60. The first-order chi connectivity index (χ1) is 16.1. The number of carbonyl (C=O) groups is 1. The summed E-state index contributed by atoms with van der Waals surface area (Å²) >= 11 is 0. The number of nitrogens with one attached hydrogen (secondary N) is 1. The normalized spacial score (nSPS) is 31.3. The van der Waals surface area contributed by atoms with E-state index in [4.69, 9.17) is 4.74 Å². The van der Waals surface area contributed by atoms with E-state index in [9.17, 15) is 18.0 Å². The molecule has 4 atom stereocenters. The summed E-state index contributed by atoms with van der Waals surface area (Å²) in [5, 5.41) is 3.84. The summed E-state index contributed by atoms with van der Waals surface area (Å²) in [4.78, 5) is 15.8. The van der Waals surface area contributed by atoms with Crippen LogP contribution in [-0.4, -0.2) is 49.2 Å². The fraction of sp³-hybridized carbons (Fsp3) is 0.741. The number of benzene rings is 1. The molecular weight excluding hydrogens is 441 g/mol. The zero-order valence-electron chi connectivity index (χ0n) is 20.7. The van der Waals surface area contributed by atoms with Crippen molar-refractivity contribution in [1.29, 1.82) is 0 Å². The van der Waals surface area contributed by atoms with Crippen LogP contribution in [0.1, 0.15) is 76.3 Å². The largest absolute Gasteiger partial charge is 0.416 e. The first kappa shape index (κ1) is 25.5. The van der Waals surface area contributed by atoms with Gasteiger partial charge in [-0.25, -0.2) is 0 Å². The molecule has 4 rings (SSSR count). The number of amides is 1. The van der Waals surface area contributed by atoms with Crippen molar-refractivity contribution in [3.8, 4) is 0 Å². The van der Waals surface area contributed by atoms with Crippen LogP contribution in [0.25, 0.3) is 0 Å². The van der Waals surface area contributed by atoms with E-state index in [1.54, 1.807) is 6.07 Å². The third kappa shape index (κ3) is 5.30. The van der Waals surface area contributed by atoms with E-state index < -0.39 is 11.7 Å². The summed E-state index contributed by atoms with van der Waals surface area (Å²) < 4.78 is 45.0. The molecule has 3 fully saturated rings. The molecule has 0 aromatic heterocycles. The highest BCUT2D eigenvalue weighted by Crippen LogP contribution is 2.47. The standard InChI is InChI=1S/C27H39F3N2O2/c1-18(2)26(11-7-23(16-26)31-24-10-14-34-17-19(24)3)25(33)32-12-8-20(9-13-32)21-5-4-6-22(15-21)27(28,29)30/h4-6,15,18-20,23-24,31H,7-14,16-17H2,1-3H3/t19?,23?,24?,26-/m0/s1. The number of hydrogen-bond acceptors (Lipinski definition) is 3. The molecule has 4 nitrogen and oxygen atoms in total. The van der Waals surface area contributed by atoms with Gasteiger partial charge in [0, 0.05) is 31.8 Å². The van der Waals surface area contributed by atoms with Crippen LogP contribution in [0.2, 0.25) is 0 Å². The number of ether oxygens (including phenoxy) is 1. The second kappa shape index (κ2) is 10.2. The number of rotatable bonds is 5. The molecule has 2 aliphatic heterocycles. The Labute approximate surface area is 201 Å². The molecule has 0 bridgehead atoms. The third-order valence-electron chi connectivity index (χ3n) is 8.64. The van der Waals surface area contributed by atoms with Crippen molar-refractivity contribution in [3.63, 3.8) is 0 Å². The van der Waals surface area contributed by atoms with Gasteiger partial charge in [-0.1, -0.05) is 39.0 Å². The summed E-state index contributed by atoms with van der Waals surface area (Å²) in [6, 6.07) is 6.48. The maximum atomic E-state index is 13.8. The van der Waals surface area contributed by atoms with Crippen molar-refractivity contribution in [2.24, 2.45) is 17.3 Å². The number of nitrogens with zero attached hydrogens (tertiary/aromatic N) is 1. The smallest absolute Gasteiger partial charge is 0.381 e. The van der Waals surface area contributed by atoms with Gasteiger partial charge in [0.1, 0.15) is 0 Å². The van der Waals surface area contributed by atoms with Gasteiger partial charge in [-0.15, -0.1) is 0 Å². The minimum absolute atomic E-state index is 0.0642. The number of carbonyl (C=O) groups excluding carboxylic acids is 1. The van der Waals surface area contributed by atoms with E-state index in [2.05, 4.69) is 26.1 Å². The third-order valence-corrected chi connectivity index (χ3v) is 8.64. The summed E-state index contributed by atoms with van der Waals surface area (Å²) in [7, 11) is 0. The van der Waals surface area contributed by atoms with Crippen LogP contribution >= 0.6 is 0 Å². The van der Waals surface area contributed by atoms with E-state index >= 15 is 0 Å². The monoisotopic (exact) mass is 480 g/mol. The Morgan fingerprint density at radius 3 is 2.56 bits per heavy atom. The van der Waals surface area contributed by atoms with Crippen molar-refractivity contribution in [1.82, 2.24) is 10.2 Å². The summed E-state index contributed by atoms with van der Waals surface area (Å²) in [5.41, 5.74) is -0.212. The molecule has 1 aromatic rings. The first-order valence-electron chi connectivity index (χ1n) is 12.9. The molecule has 3 aliphatic rings. The lowest BCUT2D eigenvalue weighted by molar-refractivity contribution is -0.146. The van der Waals surface area contributed by atoms with Crippen LogP contribution in [0.3, 0.4) is 0 Å². The highest BCUT2D eigenvalue weighted by molar-refractivity contribution is 5.83. The SMILES string of the molecule is CC1COCCC1NC1CC[C@@](C(=O)N2CCC(c3cccc(C(F)(F)F)c3)CC2)(C(C)C)C1. The summed E-state index contributed by atoms with van der Waals surface area (Å²) in [5.74, 6) is 1.04. The minimum Gasteiger partial charge on any atom is -0.381 e. The average molecular weight is 481 g/mol. The molecule has 34 heavy (non-hydrogen) atoms. The Morgan fingerprint density at radius 2 is 1.91 bits per heavy atom. The Kier molecular flexibility index (Phi) is 7.63. The predicted octanol–water partition coefficient (Wildman–Crippen LogP) is 5.62. The van der Waals surface area contributed by atoms with Crippen molar-refractivity contribution in [2.45, 2.75) is 83.5 Å². The Bertz CT molecular complexity index is 851. The van der Waals surface area contributed by atoms with Gasteiger partial charge < -0.3 is 15.0 Å². The van der Waals surface area contributed by atoms with E-state index in [0.29, 0.717) is 43.9 Å². The molecule has 2 saturated heterocycles. The topological polar surface area (TPSA) is 41.6 Å². The zero-order valence-corrected chi connectivity index (χ0v) is 20.7. The number of halogens is 3. The molecular formula is C27H39F3N2O2. The van der Waals surface area contributed by atoms with Crippen LogP contribution in [0, 0.1) is 17.3 Å². The van der Waals surface area contributed by atoms with Gasteiger partial charge in [0.25, 0.3) is 0 Å². The Balaban J connectivity index is 1.38. The van der Waals surface area contributed by atoms with Crippen LogP contribution in [0.4, 0.5) is 13.2 Å². The lowest BCUT2D eigenvalue weighted by Gasteiger charge is -2.41. The van der Waals surface area contributed by atoms with Gasteiger partial charge in [-0.3, -0.25) is 4.79 Å². The van der Waals surface area contributed by atoms with Gasteiger partial charge >= 0.3 is 6.18 Å². The molecule has 0 radical (unpaired) electrons. The molecule has 1 saturated carbocycles. The van der Waals surface area contributed by atoms with Gasteiger partial charge in [-0.05, 0) is 67.9 Å². The highest BCUT2D eigenvalue weighted by Gasteiger charge is 2.50. The number of hydrogen-bond donors (Lipinski definition) is 1. The second-order valence-corrected chi connectivity index (χ2v) is 11.1. The van der Waals surface area contributed by atoms with Crippen molar-refractivity contribution >= 4 is 5.91 Å². The maximum Gasteiger partial charge on any atom is 0.416 e. The molecule has 1 aliphatic carbocycles. The summed E-state index contributed by atoms with van der Waals surface area (Å²) in [6.07, 6.45) is 0.877. The lowest BCUT2D eigenvalue weighted by atomic mass is 9.73. The van der Waals surface area contributed by atoms with Crippen LogP contribution in [-0.2, 0) is 15.7 Å². The number of piperidine rings is 1. The van der Waals surface area contributed by atoms with Crippen LogP contribution < -0.4 is 5.32 Å². The van der Waals surface area contributed by atoms with Gasteiger partial charge in [0.2, 0.25) is 5.91 Å². The Morgan fingerprint density at radius 1 is 1.18 bits per heavy atom. The first-order valence-corrected chi connectivity index (χ1v) is 12.9. The average Bonchev–Trinajstić information content (AvgIpc) is 3.25. The van der Waals surface area contributed by atoms with E-state index in [0.717, 1.165) is 50.5 Å². The molecule has 0 spiro atoms. The van der Waals surface area contributed by atoms with Gasteiger partial charge in [-0.2, -0.15) is 13.2 Å². The predicted molar refractivity (Wildman–Crippen MR) is 126 cm³/mol. The van der Waals surface area contributed by atoms with Crippen LogP contribution in [0.5, 0.6) is 0 Å². The molecule has 3 unspecified atom stereocenters. The molecule has 1 N–H and O–H groups in total. The lowest BCUT2D eigenvalue weighted by Crippen LogP contribution is -2.50. The summed E-state index contributed by atoms with van der Waals surface area (Å²) in [6.45, 7) is 9.36. The van der Waals surface area contributed by atoms with Gasteiger partial charge in [0.05, 0.1) is 17.6 Å². The molecule has 190 valence electrons. The maximum absolute atomic E-state index is 13.8. The fourth-order valence-electron chi connectivity index (χ4n) is 6.31. The molecule has 1 aromatic carbocycles. The van der Waals surface area contributed by atoms with Gasteiger partial charge in [0.15, 0.2) is 0 Å². The number of alkyl halides is 3. The zero-order chi connectivity index (χ0) is 24.5. The quantitative estimate of drug-likeness (QED) is 0.595. The minimum atomic E-state index is -4.33. The molecule has 1 amide bonds. The molecule has 7 heteroatoms. The van der Waals surface area contributed by atoms with E-state index in [-0.39, 0.29) is 23.2 Å². The van der Waals surface area contributed by atoms with Crippen molar-refractivity contribution < 1.29 is 22.7 Å². The van der Waals surface area contributed by atoms with E-state index in [1.165, 1.54) is 12.1 Å². The number of likely N-dealkylation sites (tertiary alicyclic amines) is 1. The van der Waals surface area contributed by atoms with Crippen LogP contribution in [0.15, 0.2) is 24.3 Å². The van der Waals surface area contributed by atoms with Crippen molar-refractivity contribution in [3.05, 3.63) is 35.4 Å². The second-order valence-electron chi connectivity index (χ2n) is 11.1. The fourth-order valence-corrected chi connectivity index (χ4v) is 6.31.